The molecule has 2 N–H and O–H groups in total. The number of alkyl halides is 3. The highest BCUT2D eigenvalue weighted by atomic mass is 19.4. The van der Waals surface area contributed by atoms with E-state index < -0.39 is 11.9 Å². The van der Waals surface area contributed by atoms with Gasteiger partial charge >= 0.3 is 6.18 Å². The van der Waals surface area contributed by atoms with E-state index in [1.807, 2.05) is 0 Å². The molecule has 2 aromatic rings. The Morgan fingerprint density at radius 2 is 2.05 bits per heavy atom. The van der Waals surface area contributed by atoms with Crippen LogP contribution >= 0.6 is 0 Å². The van der Waals surface area contributed by atoms with Gasteiger partial charge in [0.15, 0.2) is 5.69 Å². The van der Waals surface area contributed by atoms with Crippen LogP contribution < -0.4 is 10.5 Å². The van der Waals surface area contributed by atoms with Gasteiger partial charge in [-0.2, -0.15) is 18.3 Å². The zero-order chi connectivity index (χ0) is 14.6. The molecule has 2 rings (SSSR count). The number of halogens is 3. The van der Waals surface area contributed by atoms with E-state index in [1.54, 1.807) is 24.3 Å². The molecule has 0 atom stereocenters. The van der Waals surface area contributed by atoms with Crippen molar-refractivity contribution in [2.24, 2.45) is 0 Å². The maximum atomic E-state index is 12.3. The van der Waals surface area contributed by atoms with Crippen molar-refractivity contribution in [2.45, 2.75) is 19.1 Å². The predicted molar refractivity (Wildman–Crippen MR) is 68.2 cm³/mol. The maximum Gasteiger partial charge on any atom is 0.435 e. The van der Waals surface area contributed by atoms with Crippen LogP contribution in [0.2, 0.25) is 0 Å². The van der Waals surface area contributed by atoms with E-state index in [0.29, 0.717) is 31.0 Å². The summed E-state index contributed by atoms with van der Waals surface area (Å²) < 4.78 is 43.7. The van der Waals surface area contributed by atoms with Gasteiger partial charge in [-0.1, -0.05) is 6.07 Å². The van der Waals surface area contributed by atoms with Crippen molar-refractivity contribution in [3.63, 3.8) is 0 Å². The Morgan fingerprint density at radius 1 is 1.25 bits per heavy atom. The molecule has 0 bridgehead atoms. The molecule has 0 aliphatic rings. The topological polar surface area (TPSA) is 53.1 Å². The first-order valence-electron chi connectivity index (χ1n) is 6.04. The molecular formula is C13H14F3N3O. The summed E-state index contributed by atoms with van der Waals surface area (Å²) in [4.78, 5) is 0. The molecule has 1 aromatic carbocycles. The summed E-state index contributed by atoms with van der Waals surface area (Å²) >= 11 is 0. The van der Waals surface area contributed by atoms with Crippen LogP contribution in [0.4, 0.5) is 18.9 Å². The molecule has 0 unspecified atom stereocenters. The average molecular weight is 285 g/mol. The number of nitrogens with two attached hydrogens (primary N) is 1. The van der Waals surface area contributed by atoms with E-state index in [9.17, 15) is 13.2 Å². The van der Waals surface area contributed by atoms with Crippen molar-refractivity contribution in [2.75, 3.05) is 12.3 Å². The van der Waals surface area contributed by atoms with Gasteiger partial charge in [-0.05, 0) is 18.2 Å². The Labute approximate surface area is 114 Å². The number of nitrogens with zero attached hydrogens (tertiary/aromatic N) is 2. The van der Waals surface area contributed by atoms with Gasteiger partial charge in [0.25, 0.3) is 0 Å². The Bertz CT molecular complexity index is 566. The SMILES string of the molecule is Nc1cccc(OCCCn2ccc(C(F)(F)F)n2)c1. The number of anilines is 1. The first-order chi connectivity index (χ1) is 9.45. The van der Waals surface area contributed by atoms with Gasteiger partial charge in [-0.15, -0.1) is 0 Å². The highest BCUT2D eigenvalue weighted by Crippen LogP contribution is 2.27. The lowest BCUT2D eigenvalue weighted by Crippen LogP contribution is -2.09. The number of hydrogen-bond acceptors (Lipinski definition) is 3. The standard InChI is InChI=1S/C13H14F3N3O/c14-13(15,16)12-5-7-19(18-12)6-2-8-20-11-4-1-3-10(17)9-11/h1,3-5,7,9H,2,6,8,17H2. The molecule has 108 valence electrons. The first kappa shape index (κ1) is 14.2. The molecule has 0 amide bonds. The summed E-state index contributed by atoms with van der Waals surface area (Å²) in [5, 5.41) is 3.46. The minimum Gasteiger partial charge on any atom is -0.493 e. The molecule has 0 fully saturated rings. The highest BCUT2D eigenvalue weighted by molar-refractivity contribution is 5.43. The summed E-state index contributed by atoms with van der Waals surface area (Å²) in [6.45, 7) is 0.739. The van der Waals surface area contributed by atoms with Crippen molar-refractivity contribution in [1.29, 1.82) is 0 Å². The molecule has 4 nitrogen and oxygen atoms in total. The first-order valence-corrected chi connectivity index (χ1v) is 6.04. The third-order valence-electron chi connectivity index (χ3n) is 2.59. The van der Waals surface area contributed by atoms with Gasteiger partial charge < -0.3 is 10.5 Å². The Balaban J connectivity index is 1.77. The summed E-state index contributed by atoms with van der Waals surface area (Å²) in [6.07, 6.45) is -2.54. The Hall–Kier alpha value is -2.18. The van der Waals surface area contributed by atoms with Crippen molar-refractivity contribution in [3.8, 4) is 5.75 Å². The molecule has 0 saturated carbocycles. The number of aromatic nitrogens is 2. The van der Waals surface area contributed by atoms with Crippen molar-refractivity contribution >= 4 is 5.69 Å². The minimum absolute atomic E-state index is 0.360. The van der Waals surface area contributed by atoms with Crippen LogP contribution in [-0.4, -0.2) is 16.4 Å². The highest BCUT2D eigenvalue weighted by Gasteiger charge is 2.33. The molecule has 0 saturated heterocycles. The molecule has 20 heavy (non-hydrogen) atoms. The summed E-state index contributed by atoms with van der Waals surface area (Å²) in [5.41, 5.74) is 5.32. The lowest BCUT2D eigenvalue weighted by molar-refractivity contribution is -0.141. The normalized spacial score (nSPS) is 11.6. The second-order valence-electron chi connectivity index (χ2n) is 4.24. The summed E-state index contributed by atoms with van der Waals surface area (Å²) in [7, 11) is 0. The molecule has 0 radical (unpaired) electrons. The third kappa shape index (κ3) is 3.91. The van der Waals surface area contributed by atoms with Crippen molar-refractivity contribution in [3.05, 3.63) is 42.2 Å². The van der Waals surface area contributed by atoms with Crippen molar-refractivity contribution < 1.29 is 17.9 Å². The number of benzene rings is 1. The molecule has 7 heteroatoms. The fourth-order valence-corrected chi connectivity index (χ4v) is 1.66. The fourth-order valence-electron chi connectivity index (χ4n) is 1.66. The van der Waals surface area contributed by atoms with Crippen LogP contribution in [0.3, 0.4) is 0 Å². The average Bonchev–Trinajstić information content (AvgIpc) is 2.83. The van der Waals surface area contributed by atoms with E-state index in [1.165, 1.54) is 10.9 Å². The largest absolute Gasteiger partial charge is 0.493 e. The van der Waals surface area contributed by atoms with Crippen LogP contribution in [0.25, 0.3) is 0 Å². The van der Waals surface area contributed by atoms with E-state index in [-0.39, 0.29) is 0 Å². The number of aryl methyl sites for hydroxylation is 1. The summed E-state index contributed by atoms with van der Waals surface area (Å²) in [6, 6.07) is 7.93. The lowest BCUT2D eigenvalue weighted by atomic mass is 10.3. The Kier molecular flexibility index (Phi) is 4.16. The molecule has 0 aliphatic carbocycles. The number of nitrogen functional groups attached to an aromatic ring is 1. The zero-order valence-corrected chi connectivity index (χ0v) is 10.6. The van der Waals surface area contributed by atoms with E-state index in [0.717, 1.165) is 6.07 Å². The molecule has 0 aliphatic heterocycles. The fraction of sp³-hybridized carbons (Fsp3) is 0.308. The maximum absolute atomic E-state index is 12.3. The molecule has 1 aromatic heterocycles. The minimum atomic E-state index is -4.40. The van der Waals surface area contributed by atoms with Gasteiger partial charge in [0.05, 0.1) is 6.61 Å². The van der Waals surface area contributed by atoms with Gasteiger partial charge in [0.2, 0.25) is 0 Å². The molecule has 1 heterocycles. The van der Waals surface area contributed by atoms with Crippen LogP contribution in [0.15, 0.2) is 36.5 Å². The summed E-state index contributed by atoms with van der Waals surface area (Å²) in [5.74, 6) is 0.640. The van der Waals surface area contributed by atoms with Gasteiger partial charge in [-0.25, -0.2) is 0 Å². The van der Waals surface area contributed by atoms with Crippen LogP contribution in [-0.2, 0) is 12.7 Å². The molecular weight excluding hydrogens is 271 g/mol. The second kappa shape index (κ2) is 5.85. The van der Waals surface area contributed by atoms with E-state index >= 15 is 0 Å². The van der Waals surface area contributed by atoms with Crippen LogP contribution in [0.1, 0.15) is 12.1 Å². The van der Waals surface area contributed by atoms with Crippen LogP contribution in [0.5, 0.6) is 5.75 Å². The quantitative estimate of drug-likeness (QED) is 0.678. The molecule has 0 spiro atoms. The van der Waals surface area contributed by atoms with Gasteiger partial charge in [-0.3, -0.25) is 4.68 Å². The predicted octanol–water partition coefficient (Wildman–Crippen LogP) is 2.95. The van der Waals surface area contributed by atoms with Gasteiger partial charge in [0.1, 0.15) is 5.75 Å². The van der Waals surface area contributed by atoms with Crippen LogP contribution in [0, 0.1) is 0 Å². The number of ether oxygens (including phenoxy) is 1. The van der Waals surface area contributed by atoms with E-state index in [4.69, 9.17) is 10.5 Å². The smallest absolute Gasteiger partial charge is 0.435 e. The third-order valence-corrected chi connectivity index (χ3v) is 2.59. The number of hydrogen-bond donors (Lipinski definition) is 1. The van der Waals surface area contributed by atoms with Gasteiger partial charge in [0, 0.05) is 30.9 Å². The number of rotatable bonds is 5. The van der Waals surface area contributed by atoms with E-state index in [2.05, 4.69) is 5.10 Å². The Morgan fingerprint density at radius 3 is 2.70 bits per heavy atom. The zero-order valence-electron chi connectivity index (χ0n) is 10.6. The monoisotopic (exact) mass is 285 g/mol. The second-order valence-corrected chi connectivity index (χ2v) is 4.24. The van der Waals surface area contributed by atoms with Crippen molar-refractivity contribution in [1.82, 2.24) is 9.78 Å². The lowest BCUT2D eigenvalue weighted by Gasteiger charge is -2.07.